The number of aryl methyl sites for hydroxylation is 1. The summed E-state index contributed by atoms with van der Waals surface area (Å²) in [5.41, 5.74) is 2.82. The minimum atomic E-state index is -1.01. The number of oxazole rings is 1. The number of hydrogen-bond donors (Lipinski definition) is 4. The van der Waals surface area contributed by atoms with Gasteiger partial charge in [0, 0.05) is 13.0 Å². The molecule has 45 heavy (non-hydrogen) atoms. The fraction of sp³-hybridized carbons (Fsp3) is 0.517. The first kappa shape index (κ1) is 35.7. The van der Waals surface area contributed by atoms with Crippen molar-refractivity contribution < 1.29 is 48.1 Å². The average molecular weight is 632 g/mol. The van der Waals surface area contributed by atoms with Crippen LogP contribution in [0.15, 0.2) is 55.7 Å². The second-order valence-corrected chi connectivity index (χ2v) is 9.95. The molecule has 0 aliphatic rings. The molecular weight excluding hydrogens is 591 g/mol. The van der Waals surface area contributed by atoms with Gasteiger partial charge in [-0.1, -0.05) is 12.1 Å². The van der Waals surface area contributed by atoms with E-state index in [9.17, 15) is 19.8 Å². The van der Waals surface area contributed by atoms with Crippen LogP contribution in [-0.2, 0) is 30.3 Å². The van der Waals surface area contributed by atoms with Gasteiger partial charge in [-0.25, -0.2) is 9.82 Å². The maximum absolute atomic E-state index is 12.3. The van der Waals surface area contributed by atoms with Crippen molar-refractivity contribution in [1.29, 1.82) is 0 Å². The third-order valence-corrected chi connectivity index (χ3v) is 6.12. The number of aliphatic hydroxyl groups excluding tert-OH is 1. The molecule has 0 aliphatic carbocycles. The Hall–Kier alpha value is -3.80. The van der Waals surface area contributed by atoms with Gasteiger partial charge >= 0.3 is 12.8 Å². The first-order chi connectivity index (χ1) is 21.7. The fourth-order valence-electron chi connectivity index (χ4n) is 3.93. The summed E-state index contributed by atoms with van der Waals surface area (Å²) in [5, 5.41) is 38.5. The molecule has 16 heteroatoms. The van der Waals surface area contributed by atoms with Crippen LogP contribution < -0.4 is 15.8 Å². The Morgan fingerprint density at radius 1 is 1.00 bits per heavy atom. The van der Waals surface area contributed by atoms with Gasteiger partial charge in [0.2, 0.25) is 0 Å². The number of nitrogens with one attached hydrogen (secondary N) is 1. The van der Waals surface area contributed by atoms with E-state index in [4.69, 9.17) is 33.1 Å². The van der Waals surface area contributed by atoms with Crippen molar-refractivity contribution in [3.8, 4) is 11.5 Å². The molecule has 1 unspecified atom stereocenters. The third-order valence-electron chi connectivity index (χ3n) is 6.12. The summed E-state index contributed by atoms with van der Waals surface area (Å²) in [4.78, 5) is 24.4. The third kappa shape index (κ3) is 13.4. The topological polar surface area (TPSA) is 196 Å². The molecule has 246 valence electrons. The van der Waals surface area contributed by atoms with Crippen LogP contribution >= 0.6 is 0 Å². The van der Waals surface area contributed by atoms with Crippen LogP contribution in [0.4, 0.5) is 0 Å². The molecular formula is C29H41BN4O11. The van der Waals surface area contributed by atoms with Gasteiger partial charge in [0.15, 0.2) is 29.9 Å². The van der Waals surface area contributed by atoms with E-state index < -0.39 is 19.0 Å². The number of ether oxygens (including phenoxy) is 5. The van der Waals surface area contributed by atoms with Crippen molar-refractivity contribution in [1.82, 2.24) is 9.88 Å². The zero-order chi connectivity index (χ0) is 32.4. The Labute approximate surface area is 260 Å². The molecule has 0 saturated heterocycles. The largest absolute Gasteiger partial charge is 0.504 e. The van der Waals surface area contributed by atoms with E-state index in [0.717, 1.165) is 5.56 Å². The number of rotatable bonds is 22. The molecule has 0 bridgehead atoms. The van der Waals surface area contributed by atoms with Gasteiger partial charge < -0.3 is 48.7 Å². The predicted molar refractivity (Wildman–Crippen MR) is 164 cm³/mol. The number of fused-ring (bicyclic) bond motifs is 1. The van der Waals surface area contributed by atoms with Crippen molar-refractivity contribution in [2.75, 3.05) is 66.0 Å². The van der Waals surface area contributed by atoms with Gasteiger partial charge in [0.05, 0.1) is 64.9 Å². The lowest BCUT2D eigenvalue weighted by atomic mass is 9.92. The molecule has 0 radical (unpaired) electrons. The minimum Gasteiger partial charge on any atom is -0.504 e. The highest BCUT2D eigenvalue weighted by molar-refractivity contribution is 6.45. The molecule has 0 fully saturated rings. The Bertz CT molecular complexity index is 1410. The number of carbonyl (C=O) groups excluding carboxylic acids is 1. The molecule has 0 saturated carbocycles. The van der Waals surface area contributed by atoms with E-state index in [1.165, 1.54) is 17.5 Å². The maximum atomic E-state index is 12.3. The molecule has 1 heterocycles. The number of phenolic OH excluding ortho intramolecular Hbond substituents is 1. The standard InChI is InChI=1S/C29H41BN4O11/c1-21-3-5-25-23(17-21)34(29(38)45-25)19-22-4-6-26(24(35)18-22)44-20-28(37)31-8-10-41-12-14-43-16-15-42-13-11-40-9-7-27(36)32-33-30(2)39/h3-6,17-18,27,35-36,39H,7-16,19-20H2,1-2H3,(H,31,37). The van der Waals surface area contributed by atoms with Crippen molar-refractivity contribution in [3.05, 3.63) is 58.1 Å². The number of aliphatic hydroxyl groups is 1. The maximum Gasteiger partial charge on any atom is 0.450 e. The normalized spacial score (nSPS) is 12.2. The van der Waals surface area contributed by atoms with E-state index in [2.05, 4.69) is 15.5 Å². The molecule has 1 aromatic heterocycles. The lowest BCUT2D eigenvalue weighted by Gasteiger charge is -2.11. The van der Waals surface area contributed by atoms with E-state index >= 15 is 0 Å². The number of aromatic hydroxyl groups is 1. The summed E-state index contributed by atoms with van der Waals surface area (Å²) in [7, 11) is -0.945. The number of nitrogens with zero attached hydrogens (tertiary/aromatic N) is 3. The summed E-state index contributed by atoms with van der Waals surface area (Å²) in [6, 6.07) is 10.2. The Balaban J connectivity index is 1.17. The van der Waals surface area contributed by atoms with E-state index in [1.807, 2.05) is 19.1 Å². The van der Waals surface area contributed by atoms with Gasteiger partial charge in [-0.2, -0.15) is 5.11 Å². The van der Waals surface area contributed by atoms with Crippen molar-refractivity contribution in [3.63, 3.8) is 0 Å². The second-order valence-electron chi connectivity index (χ2n) is 9.95. The highest BCUT2D eigenvalue weighted by atomic mass is 16.6. The average Bonchev–Trinajstić information content (AvgIpc) is 3.31. The summed E-state index contributed by atoms with van der Waals surface area (Å²) in [6.07, 6.45) is -0.734. The number of phenols is 1. The van der Waals surface area contributed by atoms with Crippen molar-refractivity contribution in [2.45, 2.75) is 32.9 Å². The summed E-state index contributed by atoms with van der Waals surface area (Å²) < 4.78 is 33.8. The molecule has 2 aromatic carbocycles. The van der Waals surface area contributed by atoms with Crippen LogP contribution in [0.25, 0.3) is 11.1 Å². The first-order valence-electron chi connectivity index (χ1n) is 14.6. The number of aromatic nitrogens is 1. The zero-order valence-electron chi connectivity index (χ0n) is 25.6. The van der Waals surface area contributed by atoms with Crippen LogP contribution in [0, 0.1) is 6.92 Å². The van der Waals surface area contributed by atoms with E-state index in [1.54, 1.807) is 18.2 Å². The smallest absolute Gasteiger partial charge is 0.450 e. The van der Waals surface area contributed by atoms with Gasteiger partial charge in [0.25, 0.3) is 5.91 Å². The molecule has 15 nitrogen and oxygen atoms in total. The molecule has 1 atom stereocenters. The molecule has 3 aromatic rings. The lowest BCUT2D eigenvalue weighted by Crippen LogP contribution is -2.31. The van der Waals surface area contributed by atoms with Crippen LogP contribution in [0.5, 0.6) is 11.5 Å². The predicted octanol–water partition coefficient (Wildman–Crippen LogP) is 1.49. The Morgan fingerprint density at radius 2 is 1.67 bits per heavy atom. The quantitative estimate of drug-likeness (QED) is 0.0712. The molecule has 0 aliphatic heterocycles. The SMILES string of the molecule is CB(O)N=NC(O)CCOCCOCCOCCOCCNC(=O)COc1ccc(Cn2c(=O)oc3ccc(C)cc32)cc1O. The highest BCUT2D eigenvalue weighted by Crippen LogP contribution is 2.27. The molecule has 1 amide bonds. The van der Waals surface area contributed by atoms with Gasteiger partial charge in [-0.15, -0.1) is 0 Å². The first-order valence-corrected chi connectivity index (χ1v) is 14.6. The van der Waals surface area contributed by atoms with Crippen LogP contribution in [0.3, 0.4) is 0 Å². The summed E-state index contributed by atoms with van der Waals surface area (Å²) >= 11 is 0. The van der Waals surface area contributed by atoms with Crippen LogP contribution in [0.2, 0.25) is 6.82 Å². The van der Waals surface area contributed by atoms with E-state index in [-0.39, 0.29) is 43.5 Å². The van der Waals surface area contributed by atoms with Gasteiger partial charge in [-0.3, -0.25) is 9.36 Å². The summed E-state index contributed by atoms with van der Waals surface area (Å²) in [6.45, 7) is 6.40. The van der Waals surface area contributed by atoms with Gasteiger partial charge in [0.1, 0.15) is 0 Å². The minimum absolute atomic E-state index is 0.145. The molecule has 0 spiro atoms. The summed E-state index contributed by atoms with van der Waals surface area (Å²) in [5.74, 6) is -0.862. The number of carbonyl (C=O) groups is 1. The number of hydrogen-bond acceptors (Lipinski definition) is 13. The van der Waals surface area contributed by atoms with Crippen LogP contribution in [0.1, 0.15) is 17.5 Å². The highest BCUT2D eigenvalue weighted by Gasteiger charge is 2.12. The monoisotopic (exact) mass is 632 g/mol. The Kier molecular flexibility index (Phi) is 15.5. The van der Waals surface area contributed by atoms with E-state index in [0.29, 0.717) is 69.5 Å². The van der Waals surface area contributed by atoms with Crippen molar-refractivity contribution >= 4 is 24.1 Å². The van der Waals surface area contributed by atoms with Gasteiger partial charge in [-0.05, 0) is 49.1 Å². The zero-order valence-corrected chi connectivity index (χ0v) is 25.6. The fourth-order valence-corrected chi connectivity index (χ4v) is 3.93. The molecule has 3 rings (SSSR count). The van der Waals surface area contributed by atoms with Crippen LogP contribution in [-0.4, -0.2) is 105 Å². The second kappa shape index (κ2) is 19.6. The van der Waals surface area contributed by atoms with Crippen molar-refractivity contribution in [2.24, 2.45) is 10.1 Å². The number of benzene rings is 2. The number of amides is 1. The molecule has 4 N–H and O–H groups in total. The lowest BCUT2D eigenvalue weighted by molar-refractivity contribution is -0.123. The Morgan fingerprint density at radius 3 is 2.33 bits per heavy atom.